The van der Waals surface area contributed by atoms with Gasteiger partial charge in [0, 0.05) is 5.57 Å². The topological polar surface area (TPSA) is 49.7 Å². The Morgan fingerprint density at radius 2 is 1.83 bits per heavy atom. The Hall–Kier alpha value is -1.38. The van der Waals surface area contributed by atoms with Gasteiger partial charge in [0.1, 0.15) is 5.71 Å². The van der Waals surface area contributed by atoms with Crippen LogP contribution in [0.15, 0.2) is 28.0 Å². The van der Waals surface area contributed by atoms with E-state index in [1.807, 2.05) is 0 Å². The summed E-state index contributed by atoms with van der Waals surface area (Å²) >= 11 is 0. The van der Waals surface area contributed by atoms with Crippen LogP contribution in [0.3, 0.4) is 0 Å². The van der Waals surface area contributed by atoms with E-state index in [4.69, 9.17) is 5.21 Å². The van der Waals surface area contributed by atoms with E-state index < -0.39 is 0 Å². The first-order valence-corrected chi connectivity index (χ1v) is 3.71. The van der Waals surface area contributed by atoms with Crippen molar-refractivity contribution in [1.29, 1.82) is 0 Å². The predicted molar refractivity (Wildman–Crippen MR) is 46.4 cm³/mol. The van der Waals surface area contributed by atoms with Gasteiger partial charge in [0.2, 0.25) is 0 Å². The molecule has 0 unspecified atom stereocenters. The summed E-state index contributed by atoms with van der Waals surface area (Å²) in [6, 6.07) is 0. The van der Waals surface area contributed by atoms with Gasteiger partial charge in [-0.2, -0.15) is 0 Å². The van der Waals surface area contributed by atoms with Crippen molar-refractivity contribution < 1.29 is 10.0 Å². The zero-order valence-corrected chi connectivity index (χ0v) is 7.38. The van der Waals surface area contributed by atoms with Crippen LogP contribution in [-0.4, -0.2) is 16.7 Å². The van der Waals surface area contributed by atoms with Gasteiger partial charge in [-0.1, -0.05) is 5.16 Å². The molecule has 0 saturated heterocycles. The summed E-state index contributed by atoms with van der Waals surface area (Å²) in [4.78, 5) is 11.3. The molecule has 0 aliphatic heterocycles. The van der Waals surface area contributed by atoms with Crippen molar-refractivity contribution in [2.45, 2.75) is 20.8 Å². The van der Waals surface area contributed by atoms with Crippen LogP contribution in [0, 0.1) is 0 Å². The average molecular weight is 165 g/mol. The highest BCUT2D eigenvalue weighted by Crippen LogP contribution is 2.18. The van der Waals surface area contributed by atoms with E-state index in [1.54, 1.807) is 26.8 Å². The van der Waals surface area contributed by atoms with Gasteiger partial charge in [0.05, 0.1) is 0 Å². The molecule has 0 fully saturated rings. The number of carbonyl (C=O) groups excluding carboxylic acids is 1. The number of ketones is 1. The highest BCUT2D eigenvalue weighted by Gasteiger charge is 2.18. The molecule has 0 saturated carbocycles. The molecule has 1 aliphatic rings. The van der Waals surface area contributed by atoms with Gasteiger partial charge in [-0.15, -0.1) is 0 Å². The zero-order chi connectivity index (χ0) is 9.30. The highest BCUT2D eigenvalue weighted by atomic mass is 16.4. The Morgan fingerprint density at radius 1 is 1.25 bits per heavy atom. The molecule has 12 heavy (non-hydrogen) atoms. The number of allylic oxidation sites excluding steroid dienone is 4. The third-order valence-corrected chi connectivity index (χ3v) is 2.11. The minimum atomic E-state index is 0.0277. The maximum absolute atomic E-state index is 11.3. The van der Waals surface area contributed by atoms with Crippen LogP contribution in [0.5, 0.6) is 0 Å². The molecule has 0 aromatic heterocycles. The minimum Gasteiger partial charge on any atom is -0.410 e. The van der Waals surface area contributed by atoms with Crippen LogP contribution in [0.1, 0.15) is 20.8 Å². The summed E-state index contributed by atoms with van der Waals surface area (Å²) in [5.74, 6) is 0.0277. The first kappa shape index (κ1) is 8.71. The van der Waals surface area contributed by atoms with E-state index in [-0.39, 0.29) is 5.78 Å². The number of Topliss-reactive ketones (excluding diaryl/α,β-unsaturated/α-hetero) is 1. The molecule has 0 spiro atoms. The number of oxime groups is 1. The number of rotatable bonds is 0. The minimum absolute atomic E-state index is 0.0277. The largest absolute Gasteiger partial charge is 0.410 e. The van der Waals surface area contributed by atoms with Gasteiger partial charge in [0.25, 0.3) is 0 Å². The van der Waals surface area contributed by atoms with Crippen LogP contribution < -0.4 is 0 Å². The van der Waals surface area contributed by atoms with Gasteiger partial charge in [0.15, 0.2) is 5.78 Å². The molecule has 0 bridgehead atoms. The molecule has 3 heteroatoms. The second kappa shape index (κ2) is 2.93. The summed E-state index contributed by atoms with van der Waals surface area (Å²) in [6.45, 7) is 5.22. The first-order chi connectivity index (χ1) is 5.57. The molecule has 1 aliphatic carbocycles. The van der Waals surface area contributed by atoms with Gasteiger partial charge in [-0.25, -0.2) is 0 Å². The monoisotopic (exact) mass is 165 g/mol. The fraction of sp³-hybridized carbons (Fsp3) is 0.333. The molecule has 3 nitrogen and oxygen atoms in total. The summed E-state index contributed by atoms with van der Waals surface area (Å²) in [6.07, 6.45) is 1.59. The molecule has 0 aromatic carbocycles. The summed E-state index contributed by atoms with van der Waals surface area (Å²) in [7, 11) is 0. The zero-order valence-electron chi connectivity index (χ0n) is 7.38. The van der Waals surface area contributed by atoms with E-state index in [2.05, 4.69) is 5.16 Å². The van der Waals surface area contributed by atoms with E-state index in [0.717, 1.165) is 5.57 Å². The molecule has 0 amide bonds. The average Bonchev–Trinajstić information content (AvgIpc) is 2.08. The summed E-state index contributed by atoms with van der Waals surface area (Å²) in [5.41, 5.74) is 2.49. The van der Waals surface area contributed by atoms with Crippen LogP contribution in [0.4, 0.5) is 0 Å². The Bertz CT molecular complexity index is 321. The number of hydrogen-bond donors (Lipinski definition) is 1. The highest BCUT2D eigenvalue weighted by molar-refractivity contribution is 6.23. The van der Waals surface area contributed by atoms with Crippen molar-refractivity contribution in [3.63, 3.8) is 0 Å². The van der Waals surface area contributed by atoms with Crippen molar-refractivity contribution in [2.24, 2.45) is 5.16 Å². The maximum atomic E-state index is 11.3. The molecule has 0 radical (unpaired) electrons. The van der Waals surface area contributed by atoms with Crippen molar-refractivity contribution in [3.8, 4) is 0 Å². The van der Waals surface area contributed by atoms with E-state index in [0.29, 0.717) is 16.9 Å². The van der Waals surface area contributed by atoms with Gasteiger partial charge >= 0.3 is 0 Å². The van der Waals surface area contributed by atoms with Crippen molar-refractivity contribution in [1.82, 2.24) is 0 Å². The van der Waals surface area contributed by atoms with Crippen molar-refractivity contribution in [3.05, 3.63) is 22.8 Å². The fourth-order valence-corrected chi connectivity index (χ4v) is 1.14. The number of nitrogens with zero attached hydrogens (tertiary/aromatic N) is 1. The van der Waals surface area contributed by atoms with E-state index >= 15 is 0 Å². The van der Waals surface area contributed by atoms with Crippen molar-refractivity contribution >= 4 is 11.5 Å². The second-order valence-corrected chi connectivity index (χ2v) is 2.89. The Morgan fingerprint density at radius 3 is 2.33 bits per heavy atom. The van der Waals surface area contributed by atoms with E-state index in [1.165, 1.54) is 0 Å². The summed E-state index contributed by atoms with van der Waals surface area (Å²) < 4.78 is 0. The molecule has 0 aromatic rings. The van der Waals surface area contributed by atoms with Crippen LogP contribution >= 0.6 is 0 Å². The van der Waals surface area contributed by atoms with Gasteiger partial charge < -0.3 is 5.21 Å². The third-order valence-electron chi connectivity index (χ3n) is 2.11. The van der Waals surface area contributed by atoms with Gasteiger partial charge in [-0.05, 0) is 38.0 Å². The van der Waals surface area contributed by atoms with Crippen LogP contribution in [0.2, 0.25) is 0 Å². The lowest BCUT2D eigenvalue weighted by atomic mass is 9.92. The molecular formula is C9H11NO2. The van der Waals surface area contributed by atoms with Crippen molar-refractivity contribution in [2.75, 3.05) is 0 Å². The molecule has 0 atom stereocenters. The molecule has 1 rings (SSSR count). The lowest BCUT2D eigenvalue weighted by molar-refractivity contribution is -0.112. The number of hydrogen-bond acceptors (Lipinski definition) is 3. The predicted octanol–water partition coefficient (Wildman–Crippen LogP) is 1.68. The standard InChI is InChI=1S/C9H11NO2/c1-5-4-8(10-12)6(2)7(3)9(5)11/h4,12H,1-3H3. The Balaban J connectivity index is 3.24. The van der Waals surface area contributed by atoms with Crippen LogP contribution in [0.25, 0.3) is 0 Å². The Kier molecular flexibility index (Phi) is 2.13. The maximum Gasteiger partial charge on any atom is 0.184 e. The smallest absolute Gasteiger partial charge is 0.184 e. The Labute approximate surface area is 71.1 Å². The lowest BCUT2D eigenvalue weighted by Crippen LogP contribution is -2.14. The van der Waals surface area contributed by atoms with Crippen LogP contribution in [-0.2, 0) is 4.79 Å². The molecule has 64 valence electrons. The first-order valence-electron chi connectivity index (χ1n) is 3.71. The van der Waals surface area contributed by atoms with Gasteiger partial charge in [-0.3, -0.25) is 4.79 Å². The molecule has 0 heterocycles. The second-order valence-electron chi connectivity index (χ2n) is 2.89. The molecular weight excluding hydrogens is 154 g/mol. The molecule has 1 N–H and O–H groups in total. The fourth-order valence-electron chi connectivity index (χ4n) is 1.14. The third kappa shape index (κ3) is 1.18. The van der Waals surface area contributed by atoms with E-state index in [9.17, 15) is 4.79 Å². The summed E-state index contributed by atoms with van der Waals surface area (Å²) in [5, 5.41) is 11.7. The normalized spacial score (nSPS) is 21.8. The SMILES string of the molecule is CC1=CC(=NO)C(C)=C(C)C1=O. The number of carbonyl (C=O) groups is 1. The quantitative estimate of drug-likeness (QED) is 0.337. The lowest BCUT2D eigenvalue weighted by Gasteiger charge is -2.12.